The van der Waals surface area contributed by atoms with Gasteiger partial charge < -0.3 is 4.74 Å². The Labute approximate surface area is 110 Å². The molecule has 2 aromatic heterocycles. The highest BCUT2D eigenvalue weighted by molar-refractivity contribution is 5.20. The Hall–Kier alpha value is -2.11. The summed E-state index contributed by atoms with van der Waals surface area (Å²) in [6.45, 7) is 1.24. The molecular weight excluding hydrogens is 244 g/mol. The third kappa shape index (κ3) is 2.25. The second kappa shape index (κ2) is 4.87. The topological polar surface area (TPSA) is 61.9 Å². The lowest BCUT2D eigenvalue weighted by Gasteiger charge is -2.09. The zero-order valence-electron chi connectivity index (χ0n) is 10.9. The third-order valence-electron chi connectivity index (χ3n) is 3.37. The third-order valence-corrected chi connectivity index (χ3v) is 3.37. The van der Waals surface area contributed by atoms with Gasteiger partial charge >= 0.3 is 5.69 Å². The summed E-state index contributed by atoms with van der Waals surface area (Å²) in [5.41, 5.74) is 0.940. The van der Waals surface area contributed by atoms with Crippen LogP contribution in [0.1, 0.15) is 24.2 Å². The van der Waals surface area contributed by atoms with E-state index in [-0.39, 0.29) is 5.69 Å². The van der Waals surface area contributed by atoms with E-state index in [1.807, 2.05) is 12.1 Å². The monoisotopic (exact) mass is 260 g/mol. The van der Waals surface area contributed by atoms with E-state index in [1.54, 1.807) is 17.9 Å². The van der Waals surface area contributed by atoms with Crippen LogP contribution in [0.15, 0.2) is 23.1 Å². The van der Waals surface area contributed by atoms with Crippen molar-refractivity contribution < 1.29 is 4.74 Å². The molecule has 6 nitrogen and oxygen atoms in total. The molecule has 0 aliphatic carbocycles. The van der Waals surface area contributed by atoms with Crippen molar-refractivity contribution in [2.45, 2.75) is 32.4 Å². The van der Waals surface area contributed by atoms with Crippen molar-refractivity contribution in [3.8, 4) is 5.88 Å². The van der Waals surface area contributed by atoms with Crippen molar-refractivity contribution in [1.82, 2.24) is 19.3 Å². The van der Waals surface area contributed by atoms with Gasteiger partial charge in [0.05, 0.1) is 13.7 Å². The summed E-state index contributed by atoms with van der Waals surface area (Å²) in [4.78, 5) is 16.2. The van der Waals surface area contributed by atoms with Crippen molar-refractivity contribution in [3.05, 3.63) is 40.2 Å². The molecule has 0 bridgehead atoms. The molecule has 6 heteroatoms. The Balaban J connectivity index is 1.91. The fraction of sp³-hybridized carbons (Fsp3) is 0.462. The number of aromatic nitrogens is 4. The summed E-state index contributed by atoms with van der Waals surface area (Å²) < 4.78 is 8.38. The van der Waals surface area contributed by atoms with Gasteiger partial charge in [-0.2, -0.15) is 5.10 Å². The minimum atomic E-state index is -0.0227. The van der Waals surface area contributed by atoms with Gasteiger partial charge in [0.1, 0.15) is 5.82 Å². The highest BCUT2D eigenvalue weighted by Crippen LogP contribution is 2.12. The molecule has 0 fully saturated rings. The van der Waals surface area contributed by atoms with Gasteiger partial charge in [0.2, 0.25) is 5.88 Å². The molecule has 19 heavy (non-hydrogen) atoms. The standard InChI is InChI=1S/C13H16N4O2/c1-19-12-8-10(5-6-14-12)9-17-13(18)16-7-3-2-4-11(16)15-17/h5-6,8H,2-4,7,9H2,1H3. The van der Waals surface area contributed by atoms with Gasteiger partial charge in [-0.15, -0.1) is 0 Å². The van der Waals surface area contributed by atoms with E-state index in [2.05, 4.69) is 10.1 Å². The van der Waals surface area contributed by atoms with Crippen LogP contribution in [-0.2, 0) is 19.5 Å². The average molecular weight is 260 g/mol. The largest absolute Gasteiger partial charge is 0.481 e. The van der Waals surface area contributed by atoms with E-state index < -0.39 is 0 Å². The zero-order chi connectivity index (χ0) is 13.2. The Morgan fingerprint density at radius 3 is 3.11 bits per heavy atom. The van der Waals surface area contributed by atoms with Crippen molar-refractivity contribution in [2.75, 3.05) is 7.11 Å². The number of hydrogen-bond acceptors (Lipinski definition) is 4. The zero-order valence-corrected chi connectivity index (χ0v) is 10.9. The molecule has 0 aromatic carbocycles. The predicted molar refractivity (Wildman–Crippen MR) is 69.3 cm³/mol. The number of methoxy groups -OCH3 is 1. The summed E-state index contributed by atoms with van der Waals surface area (Å²) in [5, 5.41) is 4.41. The van der Waals surface area contributed by atoms with Crippen LogP contribution >= 0.6 is 0 Å². The van der Waals surface area contributed by atoms with E-state index in [4.69, 9.17) is 4.74 Å². The van der Waals surface area contributed by atoms with Crippen LogP contribution in [-0.4, -0.2) is 26.4 Å². The first kappa shape index (κ1) is 12.0. The van der Waals surface area contributed by atoms with Crippen molar-refractivity contribution in [2.24, 2.45) is 0 Å². The fourth-order valence-corrected chi connectivity index (χ4v) is 2.38. The Kier molecular flexibility index (Phi) is 3.06. The molecule has 0 amide bonds. The van der Waals surface area contributed by atoms with E-state index in [9.17, 15) is 4.79 Å². The lowest BCUT2D eigenvalue weighted by molar-refractivity contribution is 0.397. The molecule has 3 rings (SSSR count). The molecule has 0 saturated heterocycles. The first-order valence-electron chi connectivity index (χ1n) is 6.43. The van der Waals surface area contributed by atoms with E-state index >= 15 is 0 Å². The van der Waals surface area contributed by atoms with Crippen LogP contribution < -0.4 is 10.4 Å². The molecule has 0 N–H and O–H groups in total. The molecule has 100 valence electrons. The molecule has 0 radical (unpaired) electrons. The number of fused-ring (bicyclic) bond motifs is 1. The molecular formula is C13H16N4O2. The normalized spacial score (nSPS) is 14.2. The lowest BCUT2D eigenvalue weighted by Crippen LogP contribution is -2.27. The van der Waals surface area contributed by atoms with Crippen LogP contribution in [0.2, 0.25) is 0 Å². The Morgan fingerprint density at radius 2 is 2.32 bits per heavy atom. The second-order valence-corrected chi connectivity index (χ2v) is 4.67. The van der Waals surface area contributed by atoms with Gasteiger partial charge in [-0.3, -0.25) is 4.57 Å². The van der Waals surface area contributed by atoms with Gasteiger partial charge in [-0.25, -0.2) is 14.5 Å². The van der Waals surface area contributed by atoms with Gasteiger partial charge in [-0.05, 0) is 24.5 Å². The van der Waals surface area contributed by atoms with Crippen LogP contribution in [0.5, 0.6) is 5.88 Å². The molecule has 0 saturated carbocycles. The maximum Gasteiger partial charge on any atom is 0.346 e. The summed E-state index contributed by atoms with van der Waals surface area (Å²) >= 11 is 0. The number of nitrogens with zero attached hydrogens (tertiary/aromatic N) is 4. The highest BCUT2D eigenvalue weighted by Gasteiger charge is 2.16. The van der Waals surface area contributed by atoms with Crippen molar-refractivity contribution in [1.29, 1.82) is 0 Å². The SMILES string of the molecule is COc1cc(Cn2nc3n(c2=O)CCCC3)ccn1. The van der Waals surface area contributed by atoms with E-state index in [0.29, 0.717) is 12.4 Å². The Morgan fingerprint density at radius 1 is 1.42 bits per heavy atom. The summed E-state index contributed by atoms with van der Waals surface area (Å²) in [5.74, 6) is 1.45. The van der Waals surface area contributed by atoms with E-state index in [0.717, 1.165) is 37.2 Å². The molecule has 1 aliphatic rings. The van der Waals surface area contributed by atoms with Crippen LogP contribution in [0.4, 0.5) is 0 Å². The van der Waals surface area contributed by atoms with Crippen molar-refractivity contribution in [3.63, 3.8) is 0 Å². The Bertz CT molecular complexity index is 644. The lowest BCUT2D eigenvalue weighted by atomic mass is 10.2. The molecule has 3 heterocycles. The van der Waals surface area contributed by atoms with Crippen LogP contribution in [0, 0.1) is 0 Å². The minimum Gasteiger partial charge on any atom is -0.481 e. The first-order valence-corrected chi connectivity index (χ1v) is 6.43. The summed E-state index contributed by atoms with van der Waals surface area (Å²) in [6, 6.07) is 3.69. The van der Waals surface area contributed by atoms with Crippen LogP contribution in [0.25, 0.3) is 0 Å². The van der Waals surface area contributed by atoms with Gasteiger partial charge in [0.15, 0.2) is 0 Å². The number of rotatable bonds is 3. The molecule has 0 spiro atoms. The molecule has 0 atom stereocenters. The second-order valence-electron chi connectivity index (χ2n) is 4.67. The maximum absolute atomic E-state index is 12.2. The van der Waals surface area contributed by atoms with Gasteiger partial charge in [0, 0.05) is 25.2 Å². The van der Waals surface area contributed by atoms with Gasteiger partial charge in [0.25, 0.3) is 0 Å². The average Bonchev–Trinajstić information content (AvgIpc) is 2.76. The number of ether oxygens (including phenoxy) is 1. The smallest absolute Gasteiger partial charge is 0.346 e. The molecule has 2 aromatic rings. The van der Waals surface area contributed by atoms with Gasteiger partial charge in [-0.1, -0.05) is 0 Å². The predicted octanol–water partition coefficient (Wildman–Crippen LogP) is 0.833. The minimum absolute atomic E-state index is 0.0227. The maximum atomic E-state index is 12.2. The first-order chi connectivity index (χ1) is 9.28. The molecule has 0 unspecified atom stereocenters. The quantitative estimate of drug-likeness (QED) is 0.820. The number of pyridine rings is 1. The van der Waals surface area contributed by atoms with Crippen molar-refractivity contribution >= 4 is 0 Å². The summed E-state index contributed by atoms with van der Waals surface area (Å²) in [7, 11) is 1.58. The number of aryl methyl sites for hydroxylation is 1. The van der Waals surface area contributed by atoms with E-state index in [1.165, 1.54) is 4.68 Å². The highest BCUT2D eigenvalue weighted by atomic mass is 16.5. The van der Waals surface area contributed by atoms with Crippen LogP contribution in [0.3, 0.4) is 0 Å². The fourth-order valence-electron chi connectivity index (χ4n) is 2.38. The number of hydrogen-bond donors (Lipinski definition) is 0. The molecule has 1 aliphatic heterocycles. The summed E-state index contributed by atoms with van der Waals surface area (Å²) in [6.07, 6.45) is 4.73.